The van der Waals surface area contributed by atoms with E-state index >= 15 is 0 Å². The summed E-state index contributed by atoms with van der Waals surface area (Å²) in [4.78, 5) is 0. The molecule has 1 aliphatic rings. The average Bonchev–Trinajstić information content (AvgIpc) is 1.93. The predicted molar refractivity (Wildman–Crippen MR) is 52.4 cm³/mol. The van der Waals surface area contributed by atoms with Crippen molar-refractivity contribution < 1.29 is 27.6 Å². The molecule has 0 amide bonds. The standard InChI is InChI=1S/C2H4O6P2.4Na/c3-2-1-6-9(4)8-10(5)7-2;;;;/h2-3H,1H2;;;;/q+2;;;;. The number of aliphatic hydroxyl groups is 1. The SMILES string of the molecule is O=[P+]1OCC(O)O[P+](=O)O1.[Na].[Na].[Na].[Na]. The summed E-state index contributed by atoms with van der Waals surface area (Å²) < 4.78 is 33.4. The van der Waals surface area contributed by atoms with E-state index in [4.69, 9.17) is 5.11 Å². The number of rotatable bonds is 0. The van der Waals surface area contributed by atoms with Crippen LogP contribution in [0.15, 0.2) is 0 Å². The van der Waals surface area contributed by atoms with Gasteiger partial charge in [-0.2, -0.15) is 0 Å². The molecule has 1 N–H and O–H groups in total. The van der Waals surface area contributed by atoms with Crippen LogP contribution in [0.5, 0.6) is 0 Å². The Morgan fingerprint density at radius 1 is 1.07 bits per heavy atom. The maximum atomic E-state index is 10.4. The van der Waals surface area contributed by atoms with Gasteiger partial charge in [-0.3, -0.25) is 0 Å². The fourth-order valence-corrected chi connectivity index (χ4v) is 1.64. The van der Waals surface area contributed by atoms with E-state index in [0.29, 0.717) is 0 Å². The van der Waals surface area contributed by atoms with Crippen LogP contribution in [0.4, 0.5) is 0 Å². The van der Waals surface area contributed by atoms with Gasteiger partial charge in [0.1, 0.15) is 0 Å². The average molecular weight is 278 g/mol. The van der Waals surface area contributed by atoms with Gasteiger partial charge in [0.05, 0.1) is 0 Å². The molecule has 0 bridgehead atoms. The molecule has 6 nitrogen and oxygen atoms in total. The first-order valence-electron chi connectivity index (χ1n) is 2.29. The molecule has 14 heavy (non-hydrogen) atoms. The Bertz CT molecular complexity index is 179. The molecule has 1 fully saturated rings. The van der Waals surface area contributed by atoms with Crippen LogP contribution in [0, 0.1) is 0 Å². The Balaban J connectivity index is -0.000000125. The first kappa shape index (κ1) is 26.6. The molecule has 0 saturated carbocycles. The molecule has 1 aliphatic heterocycles. The molecule has 4 radical (unpaired) electrons. The van der Waals surface area contributed by atoms with Crippen LogP contribution in [0.3, 0.4) is 0 Å². The van der Waals surface area contributed by atoms with E-state index < -0.39 is 22.8 Å². The van der Waals surface area contributed by atoms with Gasteiger partial charge in [0.25, 0.3) is 0 Å². The third kappa shape index (κ3) is 12.5. The molecule has 0 aromatic rings. The number of aliphatic hydroxyl groups excluding tert-OH is 1. The zero-order valence-corrected chi connectivity index (χ0v) is 18.5. The van der Waals surface area contributed by atoms with Gasteiger partial charge in [-0.1, -0.05) is 4.52 Å². The van der Waals surface area contributed by atoms with Crippen LogP contribution < -0.4 is 0 Å². The summed E-state index contributed by atoms with van der Waals surface area (Å²) in [7, 11) is -4.91. The van der Waals surface area contributed by atoms with E-state index in [0.717, 1.165) is 0 Å². The fraction of sp³-hybridized carbons (Fsp3) is 1.00. The molecule has 0 aromatic heterocycles. The van der Waals surface area contributed by atoms with Crippen molar-refractivity contribution in [3.05, 3.63) is 0 Å². The fourth-order valence-electron chi connectivity index (χ4n) is 0.352. The van der Waals surface area contributed by atoms with Crippen LogP contribution in [-0.4, -0.2) is 136 Å². The van der Waals surface area contributed by atoms with Gasteiger partial charge in [0, 0.05) is 127 Å². The van der Waals surface area contributed by atoms with Crippen LogP contribution in [0.1, 0.15) is 0 Å². The topological polar surface area (TPSA) is 82.1 Å². The third-order valence-electron chi connectivity index (χ3n) is 0.664. The molecular formula is C2H4Na4O6P2+2. The molecule has 0 spiro atoms. The molecule has 1 rings (SSSR count). The van der Waals surface area contributed by atoms with Crippen molar-refractivity contribution in [3.63, 3.8) is 0 Å². The summed E-state index contributed by atoms with van der Waals surface area (Å²) in [6.07, 6.45) is -1.33. The Hall–Kier alpha value is 4.04. The Kier molecular flexibility index (Phi) is 28.7. The van der Waals surface area contributed by atoms with Gasteiger partial charge in [0.15, 0.2) is 10.9 Å². The van der Waals surface area contributed by atoms with E-state index in [9.17, 15) is 9.13 Å². The van der Waals surface area contributed by atoms with E-state index in [-0.39, 0.29) is 125 Å². The summed E-state index contributed by atoms with van der Waals surface area (Å²) in [5.74, 6) is 0. The summed E-state index contributed by atoms with van der Waals surface area (Å²) in [6.45, 7) is -0.295. The minimum Gasteiger partial charge on any atom is -0.362 e. The second kappa shape index (κ2) is 15.1. The molecular weight excluding hydrogens is 274 g/mol. The van der Waals surface area contributed by atoms with Crippen molar-refractivity contribution in [2.24, 2.45) is 0 Å². The zero-order valence-electron chi connectivity index (χ0n) is 8.67. The summed E-state index contributed by atoms with van der Waals surface area (Å²) in [5, 5.41) is 8.64. The van der Waals surface area contributed by atoms with Crippen molar-refractivity contribution >= 4 is 135 Å². The smallest absolute Gasteiger partial charge is 0.362 e. The minimum atomic E-state index is -2.51. The largest absolute Gasteiger partial charge is 0.750 e. The van der Waals surface area contributed by atoms with Crippen molar-refractivity contribution in [1.29, 1.82) is 0 Å². The maximum Gasteiger partial charge on any atom is 0.750 e. The molecule has 1 saturated heterocycles. The molecule has 12 heteroatoms. The van der Waals surface area contributed by atoms with Gasteiger partial charge in [-0.15, -0.1) is 4.52 Å². The summed E-state index contributed by atoms with van der Waals surface area (Å²) in [5.41, 5.74) is 0. The van der Waals surface area contributed by atoms with Crippen LogP contribution in [0.25, 0.3) is 0 Å². The Morgan fingerprint density at radius 3 is 2.07 bits per heavy atom. The van der Waals surface area contributed by atoms with E-state index in [2.05, 4.69) is 13.4 Å². The van der Waals surface area contributed by atoms with E-state index in [1.54, 1.807) is 0 Å². The van der Waals surface area contributed by atoms with Gasteiger partial charge in [-0.25, -0.2) is 0 Å². The molecule has 0 aliphatic carbocycles. The predicted octanol–water partition coefficient (Wildman–Crippen LogP) is -0.840. The summed E-state index contributed by atoms with van der Waals surface area (Å²) in [6, 6.07) is 0. The molecule has 1 heterocycles. The number of hydrogen-bond donors (Lipinski definition) is 1. The normalized spacial score (nSPS) is 25.4. The first-order valence-corrected chi connectivity index (χ1v) is 4.48. The van der Waals surface area contributed by atoms with Gasteiger partial charge < -0.3 is 5.11 Å². The van der Waals surface area contributed by atoms with Crippen molar-refractivity contribution in [1.82, 2.24) is 0 Å². The van der Waals surface area contributed by atoms with Crippen molar-refractivity contribution in [2.75, 3.05) is 6.61 Å². The Labute approximate surface area is 172 Å². The zero-order chi connectivity index (χ0) is 7.56. The molecule has 3 atom stereocenters. The molecule has 3 unspecified atom stereocenters. The van der Waals surface area contributed by atoms with Gasteiger partial charge in [-0.05, 0) is 0 Å². The number of hydrogen-bond acceptors (Lipinski definition) is 6. The maximum absolute atomic E-state index is 10.4. The summed E-state index contributed by atoms with van der Waals surface area (Å²) >= 11 is 0. The second-order valence-electron chi connectivity index (χ2n) is 1.38. The first-order chi connectivity index (χ1) is 4.68. The quantitative estimate of drug-likeness (QED) is 0.459. The van der Waals surface area contributed by atoms with E-state index in [1.807, 2.05) is 0 Å². The van der Waals surface area contributed by atoms with Crippen LogP contribution in [0.2, 0.25) is 0 Å². The van der Waals surface area contributed by atoms with Crippen molar-refractivity contribution in [2.45, 2.75) is 6.29 Å². The van der Waals surface area contributed by atoms with Crippen molar-refractivity contribution in [3.8, 4) is 0 Å². The minimum absolute atomic E-state index is 0. The van der Waals surface area contributed by atoms with Gasteiger partial charge >= 0.3 is 16.5 Å². The van der Waals surface area contributed by atoms with E-state index in [1.165, 1.54) is 0 Å². The second-order valence-corrected chi connectivity index (χ2v) is 3.40. The third-order valence-corrected chi connectivity index (χ3v) is 2.51. The Morgan fingerprint density at radius 2 is 1.57 bits per heavy atom. The molecule has 0 aromatic carbocycles. The molecule has 60 valence electrons. The van der Waals surface area contributed by atoms with Crippen LogP contribution in [-0.2, 0) is 22.5 Å². The monoisotopic (exact) mass is 278 g/mol. The van der Waals surface area contributed by atoms with Gasteiger partial charge in [0.2, 0.25) is 6.29 Å². The van der Waals surface area contributed by atoms with Crippen LogP contribution >= 0.6 is 16.5 Å².